The fraction of sp³-hybridized carbons (Fsp3) is 0.250. The molecule has 0 spiro atoms. The molecule has 0 saturated carbocycles. The van der Waals surface area contributed by atoms with Crippen LogP contribution in [-0.2, 0) is 7.05 Å². The lowest BCUT2D eigenvalue weighted by Gasteiger charge is -2.38. The molecule has 4 rings (SSSR count). The highest BCUT2D eigenvalue weighted by molar-refractivity contribution is 6.30. The third-order valence-electron chi connectivity index (χ3n) is 3.82. The van der Waals surface area contributed by atoms with E-state index in [4.69, 9.17) is 16.3 Å². The minimum Gasteiger partial charge on any atom is -0.487 e. The Morgan fingerprint density at radius 2 is 2.14 bits per heavy atom. The van der Waals surface area contributed by atoms with Crippen LogP contribution in [0.3, 0.4) is 0 Å². The Morgan fingerprint density at radius 3 is 2.95 bits per heavy atom. The summed E-state index contributed by atoms with van der Waals surface area (Å²) in [6.07, 6.45) is 4.00. The summed E-state index contributed by atoms with van der Waals surface area (Å²) in [4.78, 5) is 11.1. The van der Waals surface area contributed by atoms with Crippen molar-refractivity contribution >= 4 is 28.6 Å². The summed E-state index contributed by atoms with van der Waals surface area (Å²) < 4.78 is 7.89. The molecule has 1 aliphatic heterocycles. The number of hydrogen-bond acceptors (Lipinski definition) is 4. The Balaban J connectivity index is 1.44. The summed E-state index contributed by atoms with van der Waals surface area (Å²) in [6, 6.07) is 9.49. The third-order valence-corrected chi connectivity index (χ3v) is 4.06. The highest BCUT2D eigenvalue weighted by Crippen LogP contribution is 2.24. The van der Waals surface area contributed by atoms with Crippen LogP contribution in [0.25, 0.3) is 11.0 Å². The average Bonchev–Trinajstić information content (AvgIpc) is 2.84. The minimum atomic E-state index is 0.145. The molecule has 1 saturated heterocycles. The van der Waals surface area contributed by atoms with Crippen LogP contribution >= 0.6 is 11.6 Å². The van der Waals surface area contributed by atoms with Gasteiger partial charge >= 0.3 is 0 Å². The topological polar surface area (TPSA) is 43.2 Å². The second-order valence-corrected chi connectivity index (χ2v) is 5.91. The lowest BCUT2D eigenvalue weighted by molar-refractivity contribution is 0.166. The average molecular weight is 315 g/mol. The van der Waals surface area contributed by atoms with Gasteiger partial charge in [-0.05, 0) is 24.3 Å². The van der Waals surface area contributed by atoms with Crippen LogP contribution in [0.4, 0.5) is 5.95 Å². The van der Waals surface area contributed by atoms with Gasteiger partial charge in [-0.2, -0.15) is 4.98 Å². The lowest BCUT2D eigenvalue weighted by Crippen LogP contribution is -2.54. The molecule has 1 aromatic carbocycles. The summed E-state index contributed by atoms with van der Waals surface area (Å²) in [5.74, 6) is 1.55. The lowest BCUT2D eigenvalue weighted by atomic mass is 10.2. The van der Waals surface area contributed by atoms with Crippen LogP contribution in [-0.4, -0.2) is 33.7 Å². The van der Waals surface area contributed by atoms with E-state index in [2.05, 4.69) is 14.9 Å². The maximum atomic E-state index is 5.96. The smallest absolute Gasteiger partial charge is 0.227 e. The number of rotatable bonds is 3. The van der Waals surface area contributed by atoms with Crippen LogP contribution < -0.4 is 9.64 Å². The molecule has 0 aliphatic carbocycles. The van der Waals surface area contributed by atoms with E-state index in [1.165, 1.54) is 0 Å². The zero-order chi connectivity index (χ0) is 15.1. The van der Waals surface area contributed by atoms with Gasteiger partial charge in [-0.15, -0.1) is 0 Å². The molecule has 3 aromatic rings. The molecular weight excluding hydrogens is 300 g/mol. The third kappa shape index (κ3) is 2.37. The Bertz CT molecular complexity index is 826. The molecule has 1 aliphatic rings. The number of nitrogens with zero attached hydrogens (tertiary/aromatic N) is 4. The van der Waals surface area contributed by atoms with Crippen LogP contribution in [0.15, 0.2) is 42.7 Å². The van der Waals surface area contributed by atoms with E-state index in [1.54, 1.807) is 0 Å². The maximum absolute atomic E-state index is 5.96. The number of aromatic nitrogens is 3. The molecule has 0 atom stereocenters. The first-order chi connectivity index (χ1) is 10.7. The minimum absolute atomic E-state index is 0.145. The monoisotopic (exact) mass is 314 g/mol. The second kappa shape index (κ2) is 5.18. The molecule has 2 aromatic heterocycles. The van der Waals surface area contributed by atoms with Gasteiger partial charge < -0.3 is 14.2 Å². The molecule has 6 heteroatoms. The zero-order valence-electron chi connectivity index (χ0n) is 12.1. The van der Waals surface area contributed by atoms with E-state index < -0.39 is 0 Å². The Morgan fingerprint density at radius 1 is 1.27 bits per heavy atom. The van der Waals surface area contributed by atoms with Crippen molar-refractivity contribution < 1.29 is 4.74 Å². The molecular formula is C16H15ClN4O. The predicted octanol–water partition coefficient (Wildman–Crippen LogP) is 2.89. The van der Waals surface area contributed by atoms with Crippen molar-refractivity contribution in [3.63, 3.8) is 0 Å². The van der Waals surface area contributed by atoms with Gasteiger partial charge in [-0.25, -0.2) is 4.98 Å². The molecule has 5 nitrogen and oxygen atoms in total. The molecule has 1 fully saturated rings. The van der Waals surface area contributed by atoms with Gasteiger partial charge in [-0.1, -0.05) is 17.7 Å². The number of ether oxygens (including phenoxy) is 1. The fourth-order valence-corrected chi connectivity index (χ4v) is 2.78. The zero-order valence-corrected chi connectivity index (χ0v) is 12.9. The molecule has 0 bridgehead atoms. The highest BCUT2D eigenvalue weighted by Gasteiger charge is 2.30. The quantitative estimate of drug-likeness (QED) is 0.745. The van der Waals surface area contributed by atoms with Crippen molar-refractivity contribution in [2.24, 2.45) is 7.05 Å². The van der Waals surface area contributed by atoms with E-state index in [0.717, 1.165) is 35.8 Å². The Hall–Kier alpha value is -2.27. The summed E-state index contributed by atoms with van der Waals surface area (Å²) in [5, 5.41) is 1.74. The standard InChI is InChI=1S/C16H15ClN4O/c1-20-6-5-11-8-18-16(19-15(11)20)21-9-14(10-21)22-13-4-2-3-12(17)7-13/h2-8,14H,9-10H2,1H3. The summed E-state index contributed by atoms with van der Waals surface area (Å²) in [6.45, 7) is 1.56. The summed E-state index contributed by atoms with van der Waals surface area (Å²) in [5.41, 5.74) is 0.948. The predicted molar refractivity (Wildman–Crippen MR) is 86.6 cm³/mol. The van der Waals surface area contributed by atoms with Gasteiger partial charge in [0, 0.05) is 29.9 Å². The molecule has 3 heterocycles. The van der Waals surface area contributed by atoms with Gasteiger partial charge in [0.1, 0.15) is 17.5 Å². The van der Waals surface area contributed by atoms with Crippen molar-refractivity contribution in [1.29, 1.82) is 0 Å². The van der Waals surface area contributed by atoms with Gasteiger partial charge in [-0.3, -0.25) is 0 Å². The second-order valence-electron chi connectivity index (χ2n) is 5.48. The highest BCUT2D eigenvalue weighted by atomic mass is 35.5. The number of halogens is 1. The molecule has 0 unspecified atom stereocenters. The molecule has 0 amide bonds. The normalized spacial score (nSPS) is 15.1. The van der Waals surface area contributed by atoms with Crippen LogP contribution in [0.5, 0.6) is 5.75 Å². The number of benzene rings is 1. The first-order valence-electron chi connectivity index (χ1n) is 7.14. The van der Waals surface area contributed by atoms with E-state index >= 15 is 0 Å². The van der Waals surface area contributed by atoms with Gasteiger partial charge in [0.25, 0.3) is 0 Å². The summed E-state index contributed by atoms with van der Waals surface area (Å²) in [7, 11) is 1.99. The number of anilines is 1. The first-order valence-corrected chi connectivity index (χ1v) is 7.52. The number of aryl methyl sites for hydroxylation is 1. The number of fused-ring (bicyclic) bond motifs is 1. The molecule has 0 radical (unpaired) electrons. The van der Waals surface area contributed by atoms with Crippen molar-refractivity contribution in [3.8, 4) is 5.75 Å². The van der Waals surface area contributed by atoms with Crippen LogP contribution in [0.1, 0.15) is 0 Å². The summed E-state index contributed by atoms with van der Waals surface area (Å²) >= 11 is 5.96. The van der Waals surface area contributed by atoms with E-state index in [9.17, 15) is 0 Å². The first kappa shape index (κ1) is 13.4. The Labute approximate surface area is 133 Å². The molecule has 112 valence electrons. The van der Waals surface area contributed by atoms with E-state index in [1.807, 2.05) is 54.3 Å². The van der Waals surface area contributed by atoms with Crippen LogP contribution in [0, 0.1) is 0 Å². The largest absolute Gasteiger partial charge is 0.487 e. The van der Waals surface area contributed by atoms with Crippen molar-refractivity contribution in [1.82, 2.24) is 14.5 Å². The van der Waals surface area contributed by atoms with Crippen molar-refractivity contribution in [2.45, 2.75) is 6.10 Å². The fourth-order valence-electron chi connectivity index (χ4n) is 2.60. The van der Waals surface area contributed by atoms with Crippen LogP contribution in [0.2, 0.25) is 5.02 Å². The molecule has 0 N–H and O–H groups in total. The van der Waals surface area contributed by atoms with Gasteiger partial charge in [0.2, 0.25) is 5.95 Å². The van der Waals surface area contributed by atoms with E-state index in [0.29, 0.717) is 5.02 Å². The van der Waals surface area contributed by atoms with Gasteiger partial charge in [0.05, 0.1) is 13.1 Å². The number of hydrogen-bond donors (Lipinski definition) is 0. The Kier molecular flexibility index (Phi) is 3.15. The van der Waals surface area contributed by atoms with Crippen molar-refractivity contribution in [3.05, 3.63) is 47.7 Å². The van der Waals surface area contributed by atoms with Crippen molar-refractivity contribution in [2.75, 3.05) is 18.0 Å². The maximum Gasteiger partial charge on any atom is 0.227 e. The SMILES string of the molecule is Cn1ccc2cnc(N3CC(Oc4cccc(Cl)c4)C3)nc21. The van der Waals surface area contributed by atoms with Gasteiger partial charge in [0.15, 0.2) is 0 Å². The van der Waals surface area contributed by atoms with E-state index in [-0.39, 0.29) is 6.10 Å². The molecule has 22 heavy (non-hydrogen) atoms.